The van der Waals surface area contributed by atoms with Gasteiger partial charge in [-0.3, -0.25) is 9.59 Å². The lowest BCUT2D eigenvalue weighted by atomic mass is 10.0. The number of halogens is 1. The van der Waals surface area contributed by atoms with Gasteiger partial charge in [0.2, 0.25) is 21.8 Å². The van der Waals surface area contributed by atoms with Crippen LogP contribution in [0.25, 0.3) is 0 Å². The molecule has 170 valence electrons. The zero-order valence-corrected chi connectivity index (χ0v) is 19.4. The highest BCUT2D eigenvalue weighted by Crippen LogP contribution is 2.28. The van der Waals surface area contributed by atoms with Gasteiger partial charge in [-0.25, -0.2) is 8.42 Å². The van der Waals surface area contributed by atoms with Gasteiger partial charge in [0.15, 0.2) is 0 Å². The molecule has 2 saturated heterocycles. The standard InChI is InChI=1S/C23H26ClN3O4S/c1-16-10-12-26(13-11-16)32(30,31)21-8-4-19(5-9-21)25-23(29)17-14-22(28)27(15-17)20-6-2-18(24)3-7-20/h2-9,16-17H,10-15H2,1H3,(H,25,29). The van der Waals surface area contributed by atoms with E-state index in [1.807, 2.05) is 0 Å². The molecule has 1 atom stereocenters. The summed E-state index contributed by atoms with van der Waals surface area (Å²) in [6.07, 6.45) is 1.84. The molecule has 2 amide bonds. The Balaban J connectivity index is 1.39. The number of piperidine rings is 1. The fraction of sp³-hybridized carbons (Fsp3) is 0.391. The highest BCUT2D eigenvalue weighted by atomic mass is 35.5. The topological polar surface area (TPSA) is 86.8 Å². The first-order valence-corrected chi connectivity index (χ1v) is 12.5. The van der Waals surface area contributed by atoms with Crippen LogP contribution in [-0.2, 0) is 19.6 Å². The third kappa shape index (κ3) is 4.82. The van der Waals surface area contributed by atoms with E-state index >= 15 is 0 Å². The quantitative estimate of drug-likeness (QED) is 0.713. The van der Waals surface area contributed by atoms with Gasteiger partial charge in [0.25, 0.3) is 0 Å². The Hall–Kier alpha value is -2.42. The van der Waals surface area contributed by atoms with Gasteiger partial charge >= 0.3 is 0 Å². The SMILES string of the molecule is CC1CCN(S(=O)(=O)c2ccc(NC(=O)C3CC(=O)N(c4ccc(Cl)cc4)C3)cc2)CC1. The number of nitrogens with one attached hydrogen (secondary N) is 1. The summed E-state index contributed by atoms with van der Waals surface area (Å²) in [5.41, 5.74) is 1.20. The molecule has 7 nitrogen and oxygen atoms in total. The number of amides is 2. The zero-order chi connectivity index (χ0) is 22.9. The molecule has 0 radical (unpaired) electrons. The Kier molecular flexibility index (Phi) is 6.55. The fourth-order valence-electron chi connectivity index (χ4n) is 4.08. The smallest absolute Gasteiger partial charge is 0.243 e. The summed E-state index contributed by atoms with van der Waals surface area (Å²) < 4.78 is 27.2. The second-order valence-corrected chi connectivity index (χ2v) is 10.9. The molecule has 2 heterocycles. The van der Waals surface area contributed by atoms with Crippen molar-refractivity contribution in [1.29, 1.82) is 0 Å². The van der Waals surface area contributed by atoms with Gasteiger partial charge in [0.1, 0.15) is 0 Å². The summed E-state index contributed by atoms with van der Waals surface area (Å²) in [6.45, 7) is 3.48. The van der Waals surface area contributed by atoms with Gasteiger partial charge in [-0.1, -0.05) is 18.5 Å². The lowest BCUT2D eigenvalue weighted by Gasteiger charge is -2.29. The molecule has 2 fully saturated rings. The van der Waals surface area contributed by atoms with E-state index in [9.17, 15) is 18.0 Å². The van der Waals surface area contributed by atoms with Crippen molar-refractivity contribution in [2.45, 2.75) is 31.1 Å². The number of anilines is 2. The van der Waals surface area contributed by atoms with Crippen LogP contribution in [0.4, 0.5) is 11.4 Å². The van der Waals surface area contributed by atoms with Gasteiger partial charge in [0.05, 0.1) is 10.8 Å². The normalized spacial score (nSPS) is 20.5. The van der Waals surface area contributed by atoms with E-state index in [0.717, 1.165) is 12.8 Å². The first-order chi connectivity index (χ1) is 15.2. The number of rotatable bonds is 5. The van der Waals surface area contributed by atoms with Crippen molar-refractivity contribution in [2.24, 2.45) is 11.8 Å². The number of carbonyl (C=O) groups is 2. The van der Waals surface area contributed by atoms with Crippen LogP contribution in [0, 0.1) is 11.8 Å². The van der Waals surface area contributed by atoms with Crippen LogP contribution >= 0.6 is 11.6 Å². The van der Waals surface area contributed by atoms with Crippen LogP contribution in [0.2, 0.25) is 5.02 Å². The van der Waals surface area contributed by atoms with Crippen LogP contribution in [0.15, 0.2) is 53.4 Å². The molecule has 2 aliphatic rings. The Morgan fingerprint density at radius 2 is 1.66 bits per heavy atom. The molecule has 1 N–H and O–H groups in total. The number of nitrogens with zero attached hydrogens (tertiary/aromatic N) is 2. The van der Waals surface area contributed by atoms with Crippen molar-refractivity contribution in [2.75, 3.05) is 29.9 Å². The summed E-state index contributed by atoms with van der Waals surface area (Å²) in [7, 11) is -3.53. The molecule has 2 aromatic carbocycles. The molecule has 2 aromatic rings. The second-order valence-electron chi connectivity index (χ2n) is 8.48. The maximum absolute atomic E-state index is 12.9. The van der Waals surface area contributed by atoms with Crippen LogP contribution in [0.1, 0.15) is 26.2 Å². The minimum absolute atomic E-state index is 0.119. The van der Waals surface area contributed by atoms with Crippen molar-refractivity contribution in [3.8, 4) is 0 Å². The Morgan fingerprint density at radius 1 is 1.03 bits per heavy atom. The summed E-state index contributed by atoms with van der Waals surface area (Å²) in [4.78, 5) is 26.9. The molecule has 9 heteroatoms. The van der Waals surface area contributed by atoms with Crippen molar-refractivity contribution in [3.05, 3.63) is 53.6 Å². The molecule has 1 unspecified atom stereocenters. The van der Waals surface area contributed by atoms with E-state index in [4.69, 9.17) is 11.6 Å². The molecular formula is C23H26ClN3O4S. The summed E-state index contributed by atoms with van der Waals surface area (Å²) in [5, 5.41) is 3.38. The molecule has 0 aliphatic carbocycles. The molecule has 0 bridgehead atoms. The zero-order valence-electron chi connectivity index (χ0n) is 17.8. The third-order valence-electron chi connectivity index (χ3n) is 6.14. The fourth-order valence-corrected chi connectivity index (χ4v) is 5.68. The van der Waals surface area contributed by atoms with Crippen LogP contribution in [0.3, 0.4) is 0 Å². The van der Waals surface area contributed by atoms with Crippen LogP contribution in [-0.4, -0.2) is 44.2 Å². The lowest BCUT2D eigenvalue weighted by Crippen LogP contribution is -2.37. The second kappa shape index (κ2) is 9.21. The lowest BCUT2D eigenvalue weighted by molar-refractivity contribution is -0.122. The maximum Gasteiger partial charge on any atom is 0.243 e. The molecule has 4 rings (SSSR count). The third-order valence-corrected chi connectivity index (χ3v) is 8.30. The van der Waals surface area contributed by atoms with E-state index in [0.29, 0.717) is 35.4 Å². The summed E-state index contributed by atoms with van der Waals surface area (Å²) in [6, 6.07) is 13.1. The minimum atomic E-state index is -3.53. The minimum Gasteiger partial charge on any atom is -0.326 e. The van der Waals surface area contributed by atoms with E-state index in [1.54, 1.807) is 41.3 Å². The predicted octanol–water partition coefficient (Wildman–Crippen LogP) is 3.75. The van der Waals surface area contributed by atoms with Crippen LogP contribution < -0.4 is 10.2 Å². The number of hydrogen-bond acceptors (Lipinski definition) is 4. The Labute approximate surface area is 193 Å². The van der Waals surface area contributed by atoms with Gasteiger partial charge in [-0.2, -0.15) is 4.31 Å². The molecule has 2 aliphatic heterocycles. The summed E-state index contributed by atoms with van der Waals surface area (Å²) >= 11 is 5.91. The van der Waals surface area contributed by atoms with E-state index in [-0.39, 0.29) is 29.7 Å². The van der Waals surface area contributed by atoms with Gasteiger partial charge in [-0.15, -0.1) is 0 Å². The van der Waals surface area contributed by atoms with E-state index < -0.39 is 15.9 Å². The van der Waals surface area contributed by atoms with Gasteiger partial charge in [-0.05, 0) is 67.3 Å². The number of sulfonamides is 1. The molecular weight excluding hydrogens is 450 g/mol. The average molecular weight is 476 g/mol. The number of hydrogen-bond donors (Lipinski definition) is 1. The predicted molar refractivity (Wildman–Crippen MR) is 124 cm³/mol. The molecule has 32 heavy (non-hydrogen) atoms. The van der Waals surface area contributed by atoms with Crippen molar-refractivity contribution < 1.29 is 18.0 Å². The molecule has 0 saturated carbocycles. The molecule has 0 aromatic heterocycles. The average Bonchev–Trinajstić information content (AvgIpc) is 3.17. The first kappa shape index (κ1) is 22.8. The molecule has 0 spiro atoms. The summed E-state index contributed by atoms with van der Waals surface area (Å²) in [5.74, 6) is -0.339. The number of benzene rings is 2. The monoisotopic (exact) mass is 475 g/mol. The number of carbonyl (C=O) groups excluding carboxylic acids is 2. The van der Waals surface area contributed by atoms with Crippen molar-refractivity contribution >= 4 is 44.8 Å². The van der Waals surface area contributed by atoms with E-state index in [1.165, 1.54) is 16.4 Å². The Morgan fingerprint density at radius 3 is 2.28 bits per heavy atom. The van der Waals surface area contributed by atoms with Crippen molar-refractivity contribution in [1.82, 2.24) is 4.31 Å². The highest BCUT2D eigenvalue weighted by molar-refractivity contribution is 7.89. The highest BCUT2D eigenvalue weighted by Gasteiger charge is 2.35. The van der Waals surface area contributed by atoms with Gasteiger partial charge < -0.3 is 10.2 Å². The van der Waals surface area contributed by atoms with Crippen molar-refractivity contribution in [3.63, 3.8) is 0 Å². The van der Waals surface area contributed by atoms with E-state index in [2.05, 4.69) is 12.2 Å². The Bertz CT molecular complexity index is 1100. The van der Waals surface area contributed by atoms with Crippen LogP contribution in [0.5, 0.6) is 0 Å². The largest absolute Gasteiger partial charge is 0.326 e. The maximum atomic E-state index is 12.9. The first-order valence-electron chi connectivity index (χ1n) is 10.7. The van der Waals surface area contributed by atoms with Gasteiger partial charge in [0, 0.05) is 42.5 Å².